The third kappa shape index (κ3) is 51.9. The molecule has 65 heavy (non-hydrogen) atoms. The second kappa shape index (κ2) is 53.7. The highest BCUT2D eigenvalue weighted by Crippen LogP contribution is 2.16. The van der Waals surface area contributed by atoms with E-state index in [1.54, 1.807) is 0 Å². The van der Waals surface area contributed by atoms with Gasteiger partial charge in [0.25, 0.3) is 0 Å². The van der Waals surface area contributed by atoms with Crippen LogP contribution in [0.25, 0.3) is 0 Å². The average molecular weight is 909 g/mol. The molecule has 6 nitrogen and oxygen atoms in total. The molecular formula is C59H104O6. The Balaban J connectivity index is 4.42. The molecule has 0 aliphatic carbocycles. The fraction of sp³-hybridized carbons (Fsp3) is 0.780. The number of ether oxygens (including phenoxy) is 3. The summed E-state index contributed by atoms with van der Waals surface area (Å²) in [7, 11) is 0. The fourth-order valence-corrected chi connectivity index (χ4v) is 7.84. The molecule has 0 spiro atoms. The van der Waals surface area contributed by atoms with Crippen molar-refractivity contribution in [3.63, 3.8) is 0 Å². The SMILES string of the molecule is CC/C=C\C/C=C\C/C=C\C/C=C\CCCCC(=O)OC[C@H](COC(=O)CCCCCCCCC/C=C\CCCCCC)OC(=O)CCCCCCCCCCCCCCCCCCC. The summed E-state index contributed by atoms with van der Waals surface area (Å²) < 4.78 is 16.8. The Kier molecular flexibility index (Phi) is 51.3. The minimum absolute atomic E-state index is 0.0874. The molecule has 0 aliphatic heterocycles. The molecule has 0 heterocycles. The summed E-state index contributed by atoms with van der Waals surface area (Å²) in [6.45, 7) is 6.50. The van der Waals surface area contributed by atoms with Gasteiger partial charge in [-0.25, -0.2) is 0 Å². The zero-order valence-electron chi connectivity index (χ0n) is 43.0. The minimum atomic E-state index is -0.790. The van der Waals surface area contributed by atoms with E-state index >= 15 is 0 Å². The second-order valence-corrected chi connectivity index (χ2v) is 18.5. The summed E-state index contributed by atoms with van der Waals surface area (Å²) in [6, 6.07) is 0. The Morgan fingerprint density at radius 1 is 0.323 bits per heavy atom. The largest absolute Gasteiger partial charge is 0.462 e. The van der Waals surface area contributed by atoms with Crippen molar-refractivity contribution in [2.45, 2.75) is 284 Å². The third-order valence-corrected chi connectivity index (χ3v) is 12.0. The first kappa shape index (κ1) is 62.1. The van der Waals surface area contributed by atoms with Gasteiger partial charge in [-0.05, 0) is 83.5 Å². The van der Waals surface area contributed by atoms with Crippen LogP contribution in [0.5, 0.6) is 0 Å². The van der Waals surface area contributed by atoms with E-state index in [1.807, 2.05) is 0 Å². The molecule has 0 saturated heterocycles. The molecule has 0 aliphatic rings. The smallest absolute Gasteiger partial charge is 0.306 e. The van der Waals surface area contributed by atoms with E-state index in [2.05, 4.69) is 81.5 Å². The summed E-state index contributed by atoms with van der Waals surface area (Å²) in [5, 5.41) is 0. The van der Waals surface area contributed by atoms with Crippen LogP contribution in [0, 0.1) is 0 Å². The van der Waals surface area contributed by atoms with Crippen molar-refractivity contribution in [2.24, 2.45) is 0 Å². The lowest BCUT2D eigenvalue weighted by Gasteiger charge is -2.18. The molecule has 0 radical (unpaired) electrons. The second-order valence-electron chi connectivity index (χ2n) is 18.5. The van der Waals surface area contributed by atoms with E-state index in [4.69, 9.17) is 14.2 Å². The number of carbonyl (C=O) groups excluding carboxylic acids is 3. The summed E-state index contributed by atoms with van der Waals surface area (Å²) in [6.07, 6.45) is 66.4. The normalized spacial score (nSPS) is 12.5. The van der Waals surface area contributed by atoms with Crippen LogP contribution < -0.4 is 0 Å². The Bertz CT molecular complexity index is 1180. The maximum absolute atomic E-state index is 12.8. The molecule has 0 fully saturated rings. The van der Waals surface area contributed by atoms with Gasteiger partial charge in [-0.15, -0.1) is 0 Å². The van der Waals surface area contributed by atoms with E-state index < -0.39 is 6.10 Å². The molecule has 0 amide bonds. The van der Waals surface area contributed by atoms with Gasteiger partial charge in [-0.3, -0.25) is 14.4 Å². The standard InChI is InChI=1S/C59H104O6/c1-4-7-10-13-16-19-22-25-28-29-32-35-38-41-44-47-50-53-59(62)65-56(54-63-57(60)51-48-45-42-39-36-33-30-26-23-20-17-14-11-8-5-2)55-64-58(61)52-49-46-43-40-37-34-31-27-24-21-18-15-12-9-6-3/h8,11,17,20-21,24,26,30,36,39,56H,4-7,9-10,12-16,18-19,22-23,25,27-29,31-35,37-38,40-55H2,1-3H3/b11-8-,20-17-,24-21-,30-26-,39-36-/t56-/m1/s1. The molecule has 0 bridgehead atoms. The fourth-order valence-electron chi connectivity index (χ4n) is 7.84. The van der Waals surface area contributed by atoms with Crippen molar-refractivity contribution in [1.82, 2.24) is 0 Å². The van der Waals surface area contributed by atoms with Crippen molar-refractivity contribution >= 4 is 17.9 Å². The van der Waals surface area contributed by atoms with Crippen molar-refractivity contribution in [2.75, 3.05) is 13.2 Å². The molecule has 0 N–H and O–H groups in total. The maximum atomic E-state index is 12.8. The van der Waals surface area contributed by atoms with Crippen molar-refractivity contribution < 1.29 is 28.6 Å². The quantitative estimate of drug-likeness (QED) is 0.0262. The number of esters is 3. The van der Waals surface area contributed by atoms with Gasteiger partial charge < -0.3 is 14.2 Å². The van der Waals surface area contributed by atoms with Crippen LogP contribution in [0.3, 0.4) is 0 Å². The predicted molar refractivity (Wildman–Crippen MR) is 279 cm³/mol. The monoisotopic (exact) mass is 909 g/mol. The lowest BCUT2D eigenvalue weighted by atomic mass is 10.0. The predicted octanol–water partition coefficient (Wildman–Crippen LogP) is 18.4. The Hall–Kier alpha value is -2.89. The summed E-state index contributed by atoms with van der Waals surface area (Å²) in [4.78, 5) is 38.1. The van der Waals surface area contributed by atoms with E-state index in [9.17, 15) is 14.4 Å². The van der Waals surface area contributed by atoms with E-state index in [0.717, 1.165) is 83.5 Å². The van der Waals surface area contributed by atoms with E-state index in [1.165, 1.54) is 154 Å². The molecule has 6 heteroatoms. The van der Waals surface area contributed by atoms with Crippen LogP contribution >= 0.6 is 0 Å². The first-order valence-electron chi connectivity index (χ1n) is 27.8. The maximum Gasteiger partial charge on any atom is 0.306 e. The van der Waals surface area contributed by atoms with E-state index in [0.29, 0.717) is 19.3 Å². The lowest BCUT2D eigenvalue weighted by Crippen LogP contribution is -2.30. The zero-order valence-corrected chi connectivity index (χ0v) is 43.0. The number of unbranched alkanes of at least 4 members (excludes halogenated alkanes) is 29. The van der Waals surface area contributed by atoms with Gasteiger partial charge in [0.2, 0.25) is 0 Å². The third-order valence-electron chi connectivity index (χ3n) is 12.0. The molecule has 0 unspecified atom stereocenters. The Morgan fingerprint density at radius 3 is 1.00 bits per heavy atom. The van der Waals surface area contributed by atoms with Crippen LogP contribution in [0.2, 0.25) is 0 Å². The van der Waals surface area contributed by atoms with Crippen LogP contribution in [0.1, 0.15) is 278 Å². The number of hydrogen-bond donors (Lipinski definition) is 0. The molecule has 0 aromatic rings. The number of rotatable bonds is 50. The van der Waals surface area contributed by atoms with E-state index in [-0.39, 0.29) is 31.1 Å². The summed E-state index contributed by atoms with van der Waals surface area (Å²) in [5.74, 6) is -0.924. The first-order chi connectivity index (χ1) is 32.0. The van der Waals surface area contributed by atoms with Crippen molar-refractivity contribution in [3.8, 4) is 0 Å². The van der Waals surface area contributed by atoms with Gasteiger partial charge in [0.05, 0.1) is 0 Å². The molecule has 0 aromatic carbocycles. The lowest BCUT2D eigenvalue weighted by molar-refractivity contribution is -0.167. The molecule has 0 rings (SSSR count). The van der Waals surface area contributed by atoms with Gasteiger partial charge >= 0.3 is 17.9 Å². The topological polar surface area (TPSA) is 78.9 Å². The molecular weight excluding hydrogens is 805 g/mol. The molecule has 1 atom stereocenters. The minimum Gasteiger partial charge on any atom is -0.462 e. The van der Waals surface area contributed by atoms with Gasteiger partial charge in [0, 0.05) is 19.3 Å². The van der Waals surface area contributed by atoms with Crippen LogP contribution in [0.4, 0.5) is 0 Å². The van der Waals surface area contributed by atoms with Crippen molar-refractivity contribution in [1.29, 1.82) is 0 Å². The van der Waals surface area contributed by atoms with Crippen molar-refractivity contribution in [3.05, 3.63) is 60.8 Å². The van der Waals surface area contributed by atoms with Gasteiger partial charge in [0.15, 0.2) is 6.10 Å². The first-order valence-corrected chi connectivity index (χ1v) is 27.8. The summed E-state index contributed by atoms with van der Waals surface area (Å²) >= 11 is 0. The highest BCUT2D eigenvalue weighted by atomic mass is 16.6. The number of hydrogen-bond acceptors (Lipinski definition) is 6. The van der Waals surface area contributed by atoms with Gasteiger partial charge in [0.1, 0.15) is 13.2 Å². The molecule has 376 valence electrons. The summed E-state index contributed by atoms with van der Waals surface area (Å²) in [5.41, 5.74) is 0. The highest BCUT2D eigenvalue weighted by Gasteiger charge is 2.19. The Morgan fingerprint density at radius 2 is 0.600 bits per heavy atom. The molecule has 0 saturated carbocycles. The highest BCUT2D eigenvalue weighted by molar-refractivity contribution is 5.71. The average Bonchev–Trinajstić information content (AvgIpc) is 3.30. The van der Waals surface area contributed by atoms with Crippen LogP contribution in [-0.2, 0) is 28.6 Å². The van der Waals surface area contributed by atoms with Gasteiger partial charge in [-0.1, -0.05) is 236 Å². The number of allylic oxidation sites excluding steroid dienone is 10. The van der Waals surface area contributed by atoms with Gasteiger partial charge in [-0.2, -0.15) is 0 Å². The molecule has 0 aromatic heterocycles. The zero-order chi connectivity index (χ0) is 47.2. The number of carbonyl (C=O) groups is 3. The van der Waals surface area contributed by atoms with Crippen LogP contribution in [-0.4, -0.2) is 37.2 Å². The van der Waals surface area contributed by atoms with Crippen LogP contribution in [0.15, 0.2) is 60.8 Å². The Labute approximate surface area is 402 Å².